The fourth-order valence-corrected chi connectivity index (χ4v) is 1.71. The molecule has 0 aliphatic heterocycles. The van der Waals surface area contributed by atoms with Crippen molar-refractivity contribution in [2.45, 2.75) is 26.7 Å². The van der Waals surface area contributed by atoms with Crippen LogP contribution in [0.5, 0.6) is 11.6 Å². The first kappa shape index (κ1) is 13.3. The molecule has 0 fully saturated rings. The number of benzene rings is 1. The van der Waals surface area contributed by atoms with E-state index in [0.717, 1.165) is 11.3 Å². The number of nitrogens with zero attached hydrogens (tertiary/aromatic N) is 2. The van der Waals surface area contributed by atoms with Gasteiger partial charge < -0.3 is 10.2 Å². The third-order valence-electron chi connectivity index (χ3n) is 2.94. The molecule has 0 saturated heterocycles. The van der Waals surface area contributed by atoms with Gasteiger partial charge in [-0.05, 0) is 30.5 Å². The third-order valence-corrected chi connectivity index (χ3v) is 2.94. The molecule has 5 heteroatoms. The van der Waals surface area contributed by atoms with Crippen LogP contribution in [0.1, 0.15) is 30.9 Å². The monoisotopic (exact) mass is 258 g/mol. The summed E-state index contributed by atoms with van der Waals surface area (Å²) in [6.07, 6.45) is 1.42. The van der Waals surface area contributed by atoms with Gasteiger partial charge in [0.25, 0.3) is 0 Å². The molecule has 2 aromatic rings. The van der Waals surface area contributed by atoms with Crippen molar-refractivity contribution >= 4 is 5.82 Å². The third kappa shape index (κ3) is 3.00. The molecule has 100 valence electrons. The van der Waals surface area contributed by atoms with Crippen LogP contribution in [0.4, 0.5) is 5.82 Å². The number of nitrogens with two attached hydrogens (primary N) is 1. The van der Waals surface area contributed by atoms with Crippen molar-refractivity contribution in [1.29, 1.82) is 0 Å². The SMILES string of the molecule is Cc1c(NN)ncnc1Oc1ccc(C(C)C)cc1. The Hall–Kier alpha value is -2.14. The van der Waals surface area contributed by atoms with Gasteiger partial charge in [-0.15, -0.1) is 0 Å². The van der Waals surface area contributed by atoms with Gasteiger partial charge in [-0.3, -0.25) is 0 Å². The molecule has 0 aliphatic carbocycles. The summed E-state index contributed by atoms with van der Waals surface area (Å²) in [5, 5.41) is 0. The smallest absolute Gasteiger partial charge is 0.227 e. The first-order chi connectivity index (χ1) is 9.11. The van der Waals surface area contributed by atoms with E-state index in [4.69, 9.17) is 10.6 Å². The number of ether oxygens (including phenoxy) is 1. The molecule has 0 amide bonds. The van der Waals surface area contributed by atoms with Gasteiger partial charge in [0, 0.05) is 0 Å². The van der Waals surface area contributed by atoms with Gasteiger partial charge in [0.15, 0.2) is 0 Å². The molecule has 0 saturated carbocycles. The Morgan fingerprint density at radius 3 is 2.42 bits per heavy atom. The summed E-state index contributed by atoms with van der Waals surface area (Å²) < 4.78 is 5.74. The zero-order valence-electron chi connectivity index (χ0n) is 11.3. The lowest BCUT2D eigenvalue weighted by Crippen LogP contribution is -2.11. The summed E-state index contributed by atoms with van der Waals surface area (Å²) in [4.78, 5) is 8.12. The average molecular weight is 258 g/mol. The largest absolute Gasteiger partial charge is 0.439 e. The van der Waals surface area contributed by atoms with Gasteiger partial charge in [-0.2, -0.15) is 0 Å². The van der Waals surface area contributed by atoms with E-state index < -0.39 is 0 Å². The van der Waals surface area contributed by atoms with Crippen molar-refractivity contribution in [2.24, 2.45) is 5.84 Å². The van der Waals surface area contributed by atoms with E-state index in [2.05, 4.69) is 41.4 Å². The van der Waals surface area contributed by atoms with Crippen LogP contribution in [0.15, 0.2) is 30.6 Å². The van der Waals surface area contributed by atoms with Crippen molar-refractivity contribution in [3.05, 3.63) is 41.7 Å². The van der Waals surface area contributed by atoms with Crippen LogP contribution in [0.25, 0.3) is 0 Å². The van der Waals surface area contributed by atoms with E-state index in [1.807, 2.05) is 19.1 Å². The van der Waals surface area contributed by atoms with Crippen molar-refractivity contribution in [2.75, 3.05) is 5.43 Å². The average Bonchev–Trinajstić information content (AvgIpc) is 2.42. The topological polar surface area (TPSA) is 73.1 Å². The minimum atomic E-state index is 0.500. The predicted octanol–water partition coefficient (Wildman–Crippen LogP) is 2.99. The maximum atomic E-state index is 5.74. The van der Waals surface area contributed by atoms with Crippen LogP contribution in [0.3, 0.4) is 0 Å². The quantitative estimate of drug-likeness (QED) is 0.651. The molecule has 1 aromatic carbocycles. The standard InChI is InChI=1S/C14H18N4O/c1-9(2)11-4-6-12(7-5-11)19-14-10(3)13(18-15)16-8-17-14/h4-9H,15H2,1-3H3,(H,16,17,18). The summed E-state index contributed by atoms with van der Waals surface area (Å²) in [5.74, 6) is 7.68. The van der Waals surface area contributed by atoms with Crippen molar-refractivity contribution in [1.82, 2.24) is 9.97 Å². The minimum Gasteiger partial charge on any atom is -0.439 e. The van der Waals surface area contributed by atoms with Crippen LogP contribution in [-0.2, 0) is 0 Å². The normalized spacial score (nSPS) is 10.6. The fourth-order valence-electron chi connectivity index (χ4n) is 1.71. The molecule has 5 nitrogen and oxygen atoms in total. The number of hydrazine groups is 1. The second-order valence-corrected chi connectivity index (χ2v) is 4.62. The molecule has 1 aromatic heterocycles. The van der Waals surface area contributed by atoms with Crippen molar-refractivity contribution < 1.29 is 4.74 Å². The summed E-state index contributed by atoms with van der Waals surface area (Å²) in [5.41, 5.74) is 4.56. The number of hydrogen-bond acceptors (Lipinski definition) is 5. The van der Waals surface area contributed by atoms with Crippen molar-refractivity contribution in [3.8, 4) is 11.6 Å². The number of rotatable bonds is 4. The Kier molecular flexibility index (Phi) is 3.97. The molecule has 0 bridgehead atoms. The molecular formula is C14H18N4O. The second kappa shape index (κ2) is 5.67. The molecule has 0 radical (unpaired) electrons. The fraction of sp³-hybridized carbons (Fsp3) is 0.286. The number of anilines is 1. The molecule has 2 rings (SSSR count). The van der Waals surface area contributed by atoms with E-state index in [0.29, 0.717) is 17.6 Å². The van der Waals surface area contributed by atoms with Crippen LogP contribution < -0.4 is 16.0 Å². The van der Waals surface area contributed by atoms with E-state index in [-0.39, 0.29) is 0 Å². The maximum absolute atomic E-state index is 5.74. The van der Waals surface area contributed by atoms with Gasteiger partial charge in [0.1, 0.15) is 17.9 Å². The van der Waals surface area contributed by atoms with E-state index >= 15 is 0 Å². The first-order valence-electron chi connectivity index (χ1n) is 6.18. The summed E-state index contributed by atoms with van der Waals surface area (Å²) >= 11 is 0. The molecule has 19 heavy (non-hydrogen) atoms. The van der Waals surface area contributed by atoms with Crippen molar-refractivity contribution in [3.63, 3.8) is 0 Å². The van der Waals surface area contributed by atoms with Crippen LogP contribution in [0.2, 0.25) is 0 Å². The molecule has 3 N–H and O–H groups in total. The van der Waals surface area contributed by atoms with Gasteiger partial charge in [-0.1, -0.05) is 26.0 Å². The Labute approximate surface area is 112 Å². The van der Waals surface area contributed by atoms with E-state index in [1.54, 1.807) is 0 Å². The van der Waals surface area contributed by atoms with Crippen LogP contribution in [0, 0.1) is 6.92 Å². The lowest BCUT2D eigenvalue weighted by atomic mass is 10.0. The van der Waals surface area contributed by atoms with E-state index in [9.17, 15) is 0 Å². The minimum absolute atomic E-state index is 0.500. The summed E-state index contributed by atoms with van der Waals surface area (Å²) in [6, 6.07) is 7.98. The van der Waals surface area contributed by atoms with Gasteiger partial charge >= 0.3 is 0 Å². The molecule has 0 spiro atoms. The molecule has 0 aliphatic rings. The zero-order chi connectivity index (χ0) is 13.8. The Bertz CT molecular complexity index is 552. The van der Waals surface area contributed by atoms with Crippen LogP contribution in [-0.4, -0.2) is 9.97 Å². The second-order valence-electron chi connectivity index (χ2n) is 4.62. The first-order valence-corrected chi connectivity index (χ1v) is 6.18. The highest BCUT2D eigenvalue weighted by molar-refractivity contribution is 5.47. The number of nitrogen functional groups attached to an aromatic ring is 1. The number of hydrogen-bond donors (Lipinski definition) is 2. The maximum Gasteiger partial charge on any atom is 0.227 e. The molecule has 0 unspecified atom stereocenters. The van der Waals surface area contributed by atoms with E-state index in [1.165, 1.54) is 11.9 Å². The molecule has 1 heterocycles. The Morgan fingerprint density at radius 2 is 1.84 bits per heavy atom. The van der Waals surface area contributed by atoms with Crippen LogP contribution >= 0.6 is 0 Å². The highest BCUT2D eigenvalue weighted by Gasteiger charge is 2.08. The Morgan fingerprint density at radius 1 is 1.16 bits per heavy atom. The highest BCUT2D eigenvalue weighted by Crippen LogP contribution is 2.26. The summed E-state index contributed by atoms with van der Waals surface area (Å²) in [7, 11) is 0. The molecule has 0 atom stereocenters. The zero-order valence-corrected chi connectivity index (χ0v) is 11.3. The van der Waals surface area contributed by atoms with Gasteiger partial charge in [0.05, 0.1) is 5.56 Å². The number of nitrogens with one attached hydrogen (secondary N) is 1. The highest BCUT2D eigenvalue weighted by atomic mass is 16.5. The lowest BCUT2D eigenvalue weighted by Gasteiger charge is -2.11. The Balaban J connectivity index is 2.21. The molecular weight excluding hydrogens is 240 g/mol. The lowest BCUT2D eigenvalue weighted by molar-refractivity contribution is 0.457. The summed E-state index contributed by atoms with van der Waals surface area (Å²) in [6.45, 7) is 6.17. The number of aromatic nitrogens is 2. The van der Waals surface area contributed by atoms with Gasteiger partial charge in [-0.25, -0.2) is 15.8 Å². The van der Waals surface area contributed by atoms with Gasteiger partial charge in [0.2, 0.25) is 5.88 Å². The predicted molar refractivity (Wildman–Crippen MR) is 75.2 cm³/mol.